The molecule has 25 heavy (non-hydrogen) atoms. The van der Waals surface area contributed by atoms with Gasteiger partial charge in [-0.3, -0.25) is 14.4 Å². The summed E-state index contributed by atoms with van der Waals surface area (Å²) in [7, 11) is 1.39. The Kier molecular flexibility index (Phi) is 3.91. The van der Waals surface area contributed by atoms with Gasteiger partial charge in [-0.1, -0.05) is 0 Å². The van der Waals surface area contributed by atoms with Gasteiger partial charge in [0.1, 0.15) is 23.2 Å². The maximum absolute atomic E-state index is 12.8. The average Bonchev–Trinajstić information content (AvgIpc) is 2.52. The van der Waals surface area contributed by atoms with Crippen LogP contribution in [0.3, 0.4) is 0 Å². The van der Waals surface area contributed by atoms with Gasteiger partial charge in [-0.15, -0.1) is 0 Å². The molecule has 2 aliphatic rings. The first kappa shape index (κ1) is 17.2. The number of carbonyl (C=O) groups excluding carboxylic acids is 3. The standard InChI is InChI=1S/C18H18O7/c1-8(19)25-14-6-10-12(7-18(14,2)23)16(21)11-4-9(24-3)5-13(20)15(11)17(10)22/h4-5,14,20,23H,6-7H2,1-3H3/t14-,18+/m1/s1. The van der Waals surface area contributed by atoms with Crippen LogP contribution >= 0.6 is 0 Å². The molecule has 0 saturated heterocycles. The Balaban J connectivity index is 2.11. The molecule has 2 N–H and O–H groups in total. The molecule has 0 saturated carbocycles. The zero-order chi connectivity index (χ0) is 18.5. The molecule has 0 unspecified atom stereocenters. The number of ether oxygens (including phenoxy) is 2. The number of ketones is 2. The van der Waals surface area contributed by atoms with Crippen LogP contribution < -0.4 is 4.74 Å². The summed E-state index contributed by atoms with van der Waals surface area (Å²) in [6.07, 6.45) is -1.15. The van der Waals surface area contributed by atoms with Crippen LogP contribution in [0.2, 0.25) is 0 Å². The van der Waals surface area contributed by atoms with E-state index in [1.807, 2.05) is 0 Å². The number of rotatable bonds is 2. The normalized spacial score (nSPS) is 25.4. The predicted molar refractivity (Wildman–Crippen MR) is 85.8 cm³/mol. The van der Waals surface area contributed by atoms with Crippen LogP contribution in [0, 0.1) is 0 Å². The van der Waals surface area contributed by atoms with Crippen molar-refractivity contribution < 1.29 is 34.1 Å². The minimum atomic E-state index is -1.47. The molecular weight excluding hydrogens is 328 g/mol. The van der Waals surface area contributed by atoms with Crippen molar-refractivity contribution in [1.29, 1.82) is 0 Å². The van der Waals surface area contributed by atoms with Crippen LogP contribution in [0.5, 0.6) is 11.5 Å². The number of phenols is 1. The van der Waals surface area contributed by atoms with Crippen molar-refractivity contribution in [2.75, 3.05) is 7.11 Å². The lowest BCUT2D eigenvalue weighted by Crippen LogP contribution is -2.48. The smallest absolute Gasteiger partial charge is 0.303 e. The quantitative estimate of drug-likeness (QED) is 0.782. The summed E-state index contributed by atoms with van der Waals surface area (Å²) in [5.74, 6) is -1.63. The lowest BCUT2D eigenvalue weighted by atomic mass is 9.71. The summed E-state index contributed by atoms with van der Waals surface area (Å²) in [5.41, 5.74) is -1.18. The molecule has 3 rings (SSSR count). The predicted octanol–water partition coefficient (Wildman–Crippen LogP) is 1.55. The summed E-state index contributed by atoms with van der Waals surface area (Å²) >= 11 is 0. The number of phenolic OH excluding ortho intramolecular Hbond substituents is 1. The highest BCUT2D eigenvalue weighted by molar-refractivity contribution is 6.28. The lowest BCUT2D eigenvalue weighted by molar-refractivity contribution is -0.161. The molecular formula is C18H18O7. The monoisotopic (exact) mass is 346 g/mol. The molecule has 0 aliphatic heterocycles. The van der Waals surface area contributed by atoms with Crippen molar-refractivity contribution in [3.8, 4) is 11.5 Å². The lowest BCUT2D eigenvalue weighted by Gasteiger charge is -2.39. The highest BCUT2D eigenvalue weighted by Crippen LogP contribution is 2.43. The van der Waals surface area contributed by atoms with Crippen molar-refractivity contribution in [2.24, 2.45) is 0 Å². The second kappa shape index (κ2) is 5.70. The third kappa shape index (κ3) is 2.70. The minimum absolute atomic E-state index is 0.0438. The molecule has 7 heteroatoms. The largest absolute Gasteiger partial charge is 0.507 e. The fraction of sp³-hybridized carbons (Fsp3) is 0.389. The maximum Gasteiger partial charge on any atom is 0.303 e. The Morgan fingerprint density at radius 3 is 2.52 bits per heavy atom. The van der Waals surface area contributed by atoms with Gasteiger partial charge in [0, 0.05) is 42.5 Å². The number of Topliss-reactive ketones (excluding diaryl/α,β-unsaturated/α-hetero) is 2. The number of aliphatic hydroxyl groups is 1. The Morgan fingerprint density at radius 2 is 1.92 bits per heavy atom. The van der Waals surface area contributed by atoms with Gasteiger partial charge in [0.2, 0.25) is 0 Å². The number of esters is 1. The summed E-state index contributed by atoms with van der Waals surface area (Å²) in [6.45, 7) is 2.67. The molecule has 2 atom stereocenters. The van der Waals surface area contributed by atoms with Gasteiger partial charge in [0.15, 0.2) is 11.6 Å². The van der Waals surface area contributed by atoms with Crippen LogP contribution in [0.1, 0.15) is 47.4 Å². The van der Waals surface area contributed by atoms with Gasteiger partial charge in [-0.2, -0.15) is 0 Å². The van der Waals surface area contributed by atoms with E-state index in [1.165, 1.54) is 33.1 Å². The van der Waals surface area contributed by atoms with E-state index in [9.17, 15) is 24.6 Å². The fourth-order valence-corrected chi connectivity index (χ4v) is 3.37. The van der Waals surface area contributed by atoms with Crippen molar-refractivity contribution in [3.05, 3.63) is 34.4 Å². The maximum atomic E-state index is 12.8. The highest BCUT2D eigenvalue weighted by Gasteiger charge is 2.47. The van der Waals surface area contributed by atoms with Gasteiger partial charge in [0.05, 0.1) is 12.7 Å². The number of hydrogen-bond acceptors (Lipinski definition) is 7. The van der Waals surface area contributed by atoms with Crippen molar-refractivity contribution in [1.82, 2.24) is 0 Å². The molecule has 0 heterocycles. The van der Waals surface area contributed by atoms with E-state index in [1.54, 1.807) is 0 Å². The first-order valence-corrected chi connectivity index (χ1v) is 7.77. The summed E-state index contributed by atoms with van der Waals surface area (Å²) < 4.78 is 10.2. The second-order valence-corrected chi connectivity index (χ2v) is 6.52. The third-order valence-electron chi connectivity index (χ3n) is 4.64. The molecule has 0 amide bonds. The number of methoxy groups -OCH3 is 1. The van der Waals surface area contributed by atoms with Crippen molar-refractivity contribution in [3.63, 3.8) is 0 Å². The van der Waals surface area contributed by atoms with Gasteiger partial charge in [0.25, 0.3) is 0 Å². The zero-order valence-corrected chi connectivity index (χ0v) is 14.1. The third-order valence-corrected chi connectivity index (χ3v) is 4.64. The van der Waals surface area contributed by atoms with Gasteiger partial charge < -0.3 is 19.7 Å². The van der Waals surface area contributed by atoms with Gasteiger partial charge in [-0.05, 0) is 13.0 Å². The van der Waals surface area contributed by atoms with Crippen LogP contribution in [-0.2, 0) is 9.53 Å². The Bertz CT molecular complexity index is 832. The Hall–Kier alpha value is -2.67. The summed E-state index contributed by atoms with van der Waals surface area (Å²) in [6, 6.07) is 2.66. The van der Waals surface area contributed by atoms with E-state index in [4.69, 9.17) is 9.47 Å². The fourth-order valence-electron chi connectivity index (χ4n) is 3.37. The van der Waals surface area contributed by atoms with E-state index >= 15 is 0 Å². The minimum Gasteiger partial charge on any atom is -0.507 e. The second-order valence-electron chi connectivity index (χ2n) is 6.52. The van der Waals surface area contributed by atoms with E-state index < -0.39 is 29.2 Å². The zero-order valence-electron chi connectivity index (χ0n) is 14.1. The molecule has 0 aromatic heterocycles. The number of fused-ring (bicyclic) bond motifs is 1. The SMILES string of the molecule is COc1cc(O)c2c(c1)C(=O)C1=C(C[C@@H](OC(C)=O)[C@@](C)(O)C1)C2=O. The van der Waals surface area contributed by atoms with E-state index in [0.29, 0.717) is 0 Å². The van der Waals surface area contributed by atoms with E-state index in [0.717, 1.165) is 0 Å². The van der Waals surface area contributed by atoms with Crippen LogP contribution in [0.15, 0.2) is 23.3 Å². The Morgan fingerprint density at radius 1 is 1.24 bits per heavy atom. The molecule has 132 valence electrons. The van der Waals surface area contributed by atoms with Gasteiger partial charge >= 0.3 is 5.97 Å². The van der Waals surface area contributed by atoms with Crippen LogP contribution in [-0.4, -0.2) is 46.6 Å². The van der Waals surface area contributed by atoms with Crippen LogP contribution in [0.25, 0.3) is 0 Å². The topological polar surface area (TPSA) is 110 Å². The van der Waals surface area contributed by atoms with Crippen molar-refractivity contribution in [2.45, 2.75) is 38.4 Å². The van der Waals surface area contributed by atoms with Gasteiger partial charge in [-0.25, -0.2) is 0 Å². The highest BCUT2D eigenvalue weighted by atomic mass is 16.6. The molecule has 0 spiro atoms. The number of aromatic hydroxyl groups is 1. The molecule has 7 nitrogen and oxygen atoms in total. The Labute approximate surface area is 143 Å². The summed E-state index contributed by atoms with van der Waals surface area (Å²) in [5, 5.41) is 20.7. The molecule has 0 fully saturated rings. The van der Waals surface area contributed by atoms with E-state index in [2.05, 4.69) is 0 Å². The first-order chi connectivity index (χ1) is 11.7. The number of carbonyl (C=O) groups is 3. The molecule has 0 bridgehead atoms. The molecule has 2 aliphatic carbocycles. The first-order valence-electron chi connectivity index (χ1n) is 7.77. The van der Waals surface area contributed by atoms with Crippen molar-refractivity contribution >= 4 is 17.5 Å². The van der Waals surface area contributed by atoms with Crippen LogP contribution in [0.4, 0.5) is 0 Å². The number of hydrogen-bond donors (Lipinski definition) is 2. The summed E-state index contributed by atoms with van der Waals surface area (Å²) in [4.78, 5) is 36.9. The van der Waals surface area contributed by atoms with E-state index in [-0.39, 0.29) is 46.6 Å². The molecule has 0 radical (unpaired) electrons. The number of benzene rings is 1. The average molecular weight is 346 g/mol. The molecule has 1 aromatic rings. The molecule has 1 aromatic carbocycles.